The van der Waals surface area contributed by atoms with E-state index in [1.54, 1.807) is 13.8 Å². The summed E-state index contributed by atoms with van der Waals surface area (Å²) in [5, 5.41) is 16.6. The average Bonchev–Trinajstić information content (AvgIpc) is 2.92. The van der Waals surface area contributed by atoms with E-state index in [1.807, 2.05) is 52.0 Å². The van der Waals surface area contributed by atoms with Crippen LogP contribution in [0.3, 0.4) is 0 Å². The van der Waals surface area contributed by atoms with Gasteiger partial charge in [0.05, 0.1) is 13.2 Å². The van der Waals surface area contributed by atoms with Crippen LogP contribution in [-0.2, 0) is 23.6 Å². The van der Waals surface area contributed by atoms with Crippen molar-refractivity contribution in [2.75, 3.05) is 13.2 Å². The van der Waals surface area contributed by atoms with E-state index in [9.17, 15) is 19.3 Å². The van der Waals surface area contributed by atoms with E-state index >= 15 is 0 Å². The number of hydrogen-bond donors (Lipinski definition) is 3. The number of rotatable bonds is 15. The van der Waals surface area contributed by atoms with Crippen LogP contribution >= 0.6 is 7.67 Å². The first-order chi connectivity index (χ1) is 20.5. The van der Waals surface area contributed by atoms with E-state index in [4.69, 9.17) is 14.0 Å². The molecule has 0 aliphatic rings. The molecule has 0 radical (unpaired) electrons. The van der Waals surface area contributed by atoms with E-state index in [0.717, 1.165) is 33.4 Å². The molecule has 2 atom stereocenters. The number of carbonyl (C=O) groups excluding carboxylic acids is 2. The number of hydrogen-bond acceptors (Lipinski definition) is 7. The van der Waals surface area contributed by atoms with Gasteiger partial charge in [-0.15, -0.1) is 0 Å². The zero-order valence-corrected chi connectivity index (χ0v) is 29.4. The van der Waals surface area contributed by atoms with Crippen LogP contribution in [0.5, 0.6) is 11.5 Å². The highest BCUT2D eigenvalue weighted by Gasteiger charge is 2.36. The number of carbonyl (C=O) groups is 2. The highest BCUT2D eigenvalue weighted by Crippen LogP contribution is 2.48. The lowest BCUT2D eigenvalue weighted by atomic mass is 9.86. The Labute approximate surface area is 264 Å². The monoisotopic (exact) mass is 632 g/mol. The molecule has 0 amide bonds. The van der Waals surface area contributed by atoms with Gasteiger partial charge in [0, 0.05) is 0 Å². The number of nitrogens with one attached hydrogen (secondary N) is 2. The fraction of sp³-hybridized carbons (Fsp3) is 0.588. The highest BCUT2D eigenvalue weighted by molar-refractivity contribution is 7.55. The van der Waals surface area contributed by atoms with Crippen LogP contribution < -0.4 is 14.7 Å². The normalized spacial score (nSPS) is 14.5. The van der Waals surface area contributed by atoms with Crippen LogP contribution in [-0.4, -0.2) is 42.3 Å². The number of phenols is 1. The first-order valence-electron chi connectivity index (χ1n) is 15.7. The van der Waals surface area contributed by atoms with Gasteiger partial charge >= 0.3 is 19.6 Å². The van der Waals surface area contributed by atoms with Crippen molar-refractivity contribution < 1.29 is 33.3 Å². The standard InChI is InChI=1S/C34H53N2O7P/c1-13-41-33(38)23(11)35-44(40,36-24(12)34(39)42-14-2)43-32-29(21(7)8)17-26(18-30(32)22(9)10)25-15-27(19(3)4)31(37)28(16-25)20(5)6/h15-24,37H,13-14H2,1-12H3,(H2,35,36,40). The predicted molar refractivity (Wildman–Crippen MR) is 177 cm³/mol. The van der Waals surface area contributed by atoms with Crippen LogP contribution in [0.1, 0.15) is 129 Å². The van der Waals surface area contributed by atoms with Gasteiger partial charge in [-0.25, -0.2) is 14.7 Å². The lowest BCUT2D eigenvalue weighted by molar-refractivity contribution is -0.145. The van der Waals surface area contributed by atoms with Crippen molar-refractivity contribution in [2.24, 2.45) is 0 Å². The topological polar surface area (TPSA) is 123 Å². The molecule has 44 heavy (non-hydrogen) atoms. The average molecular weight is 633 g/mol. The van der Waals surface area contributed by atoms with Crippen molar-refractivity contribution in [3.05, 3.63) is 46.5 Å². The number of phenolic OH excluding ortho intramolecular Hbond substituents is 1. The van der Waals surface area contributed by atoms with Gasteiger partial charge in [-0.3, -0.25) is 9.59 Å². The molecule has 0 fully saturated rings. The van der Waals surface area contributed by atoms with Crippen LogP contribution in [0.2, 0.25) is 0 Å². The fourth-order valence-electron chi connectivity index (χ4n) is 4.90. The minimum Gasteiger partial charge on any atom is -0.507 e. The van der Waals surface area contributed by atoms with Crippen molar-refractivity contribution in [1.82, 2.24) is 10.2 Å². The maximum absolute atomic E-state index is 14.5. The summed E-state index contributed by atoms with van der Waals surface area (Å²) in [6, 6.07) is 6.14. The summed E-state index contributed by atoms with van der Waals surface area (Å²) in [5.41, 5.74) is 5.30. The van der Waals surface area contributed by atoms with E-state index in [0.29, 0.717) is 11.5 Å². The lowest BCUT2D eigenvalue weighted by Gasteiger charge is -2.29. The second-order valence-electron chi connectivity index (χ2n) is 12.5. The molecule has 0 aliphatic heterocycles. The summed E-state index contributed by atoms with van der Waals surface area (Å²) in [4.78, 5) is 25.0. The van der Waals surface area contributed by atoms with E-state index in [-0.39, 0.29) is 36.9 Å². The van der Waals surface area contributed by atoms with Crippen LogP contribution in [0.15, 0.2) is 24.3 Å². The first-order valence-corrected chi connectivity index (χ1v) is 17.3. The molecule has 10 heteroatoms. The van der Waals surface area contributed by atoms with E-state index in [2.05, 4.69) is 37.9 Å². The quantitative estimate of drug-likeness (QED) is 0.132. The Morgan fingerprint density at radius 2 is 0.977 bits per heavy atom. The third kappa shape index (κ3) is 9.32. The van der Waals surface area contributed by atoms with Gasteiger partial charge in [0.2, 0.25) is 0 Å². The van der Waals surface area contributed by atoms with E-state index in [1.165, 1.54) is 13.8 Å². The number of aromatic hydroxyl groups is 1. The molecule has 0 spiro atoms. The van der Waals surface area contributed by atoms with Gasteiger partial charge in [-0.1, -0.05) is 55.4 Å². The van der Waals surface area contributed by atoms with Gasteiger partial charge < -0.3 is 19.1 Å². The molecule has 0 aromatic heterocycles. The summed E-state index contributed by atoms with van der Waals surface area (Å²) in [6.45, 7) is 23.1. The van der Waals surface area contributed by atoms with Crippen molar-refractivity contribution in [2.45, 2.75) is 119 Å². The molecular formula is C34H53N2O7P. The van der Waals surface area contributed by atoms with Crippen molar-refractivity contribution in [1.29, 1.82) is 0 Å². The van der Waals surface area contributed by atoms with Crippen LogP contribution in [0.25, 0.3) is 11.1 Å². The number of esters is 2. The molecule has 2 unspecified atom stereocenters. The summed E-state index contributed by atoms with van der Waals surface area (Å²) < 4.78 is 31.2. The molecule has 0 saturated heterocycles. The Kier molecular flexibility index (Phi) is 13.5. The van der Waals surface area contributed by atoms with Crippen molar-refractivity contribution in [3.8, 4) is 22.6 Å². The van der Waals surface area contributed by atoms with Gasteiger partial charge in [0.15, 0.2) is 0 Å². The Hall–Kier alpha value is -2.87. The number of benzene rings is 2. The fourth-order valence-corrected chi connectivity index (χ4v) is 6.78. The first kappa shape index (κ1) is 37.3. The lowest BCUT2D eigenvalue weighted by Crippen LogP contribution is -2.43. The molecule has 2 rings (SSSR count). The van der Waals surface area contributed by atoms with Crippen LogP contribution in [0.4, 0.5) is 0 Å². The summed E-state index contributed by atoms with van der Waals surface area (Å²) in [7, 11) is -4.11. The summed E-state index contributed by atoms with van der Waals surface area (Å²) in [5.74, 6) is -0.277. The molecule has 0 saturated carbocycles. The molecule has 2 aromatic rings. The molecule has 0 bridgehead atoms. The molecule has 2 aromatic carbocycles. The maximum atomic E-state index is 14.5. The molecule has 0 aliphatic carbocycles. The summed E-state index contributed by atoms with van der Waals surface area (Å²) in [6.07, 6.45) is 0. The number of ether oxygens (including phenoxy) is 2. The molecule has 0 heterocycles. The Balaban J connectivity index is 2.79. The zero-order chi connectivity index (χ0) is 33.5. The zero-order valence-electron chi connectivity index (χ0n) is 28.5. The maximum Gasteiger partial charge on any atom is 0.391 e. The van der Waals surface area contributed by atoms with Crippen molar-refractivity contribution >= 4 is 19.6 Å². The smallest absolute Gasteiger partial charge is 0.391 e. The van der Waals surface area contributed by atoms with Crippen molar-refractivity contribution in [3.63, 3.8) is 0 Å². The Morgan fingerprint density at radius 1 is 0.659 bits per heavy atom. The second kappa shape index (κ2) is 15.9. The molecule has 246 valence electrons. The second-order valence-corrected chi connectivity index (χ2v) is 14.3. The third-order valence-electron chi connectivity index (χ3n) is 7.36. The van der Waals surface area contributed by atoms with E-state index < -0.39 is 31.7 Å². The molecular weight excluding hydrogens is 579 g/mol. The van der Waals surface area contributed by atoms with Crippen LogP contribution in [0, 0.1) is 0 Å². The minimum atomic E-state index is -4.11. The van der Waals surface area contributed by atoms with Gasteiger partial charge in [-0.05, 0) is 109 Å². The van der Waals surface area contributed by atoms with Gasteiger partial charge in [-0.2, -0.15) is 0 Å². The highest BCUT2D eigenvalue weighted by atomic mass is 31.2. The largest absolute Gasteiger partial charge is 0.507 e. The van der Waals surface area contributed by atoms with Gasteiger partial charge in [0.25, 0.3) is 0 Å². The third-order valence-corrected chi connectivity index (χ3v) is 9.26. The molecule has 3 N–H and O–H groups in total. The summed E-state index contributed by atoms with van der Waals surface area (Å²) >= 11 is 0. The SMILES string of the molecule is CCOC(=O)C(C)NP(=O)(NC(C)C(=O)OCC)Oc1c(C(C)C)cc(-c2cc(C(C)C)c(O)c(C(C)C)c2)cc1C(C)C. The Morgan fingerprint density at radius 3 is 1.27 bits per heavy atom. The predicted octanol–water partition coefficient (Wildman–Crippen LogP) is 8.12. The van der Waals surface area contributed by atoms with Gasteiger partial charge in [0.1, 0.15) is 23.6 Å². The minimum absolute atomic E-state index is 0.0351. The molecule has 9 nitrogen and oxygen atoms in total. The Bertz CT molecular complexity index is 1270.